The molecule has 0 aromatic heterocycles. The summed E-state index contributed by atoms with van der Waals surface area (Å²) in [6, 6.07) is 18.2. The van der Waals surface area contributed by atoms with Crippen molar-refractivity contribution in [2.24, 2.45) is 0 Å². The highest BCUT2D eigenvalue weighted by Crippen LogP contribution is 2.15. The van der Waals surface area contributed by atoms with E-state index in [0.717, 1.165) is 29.9 Å². The third kappa shape index (κ3) is 4.26. The summed E-state index contributed by atoms with van der Waals surface area (Å²) in [6.45, 7) is 1.19. The predicted molar refractivity (Wildman–Crippen MR) is 88.5 cm³/mol. The number of ether oxygens (including phenoxy) is 2. The summed E-state index contributed by atoms with van der Waals surface area (Å²) in [5, 5.41) is 0. The number of hydrogen-bond donors (Lipinski definition) is 0. The number of para-hydroxylation sites is 1. The van der Waals surface area contributed by atoms with Crippen molar-refractivity contribution in [2.75, 3.05) is 0 Å². The van der Waals surface area contributed by atoms with E-state index in [0.29, 0.717) is 13.2 Å². The lowest BCUT2D eigenvalue weighted by Crippen LogP contribution is -1.97. The maximum absolute atomic E-state index is 5.78. The Balaban J connectivity index is 1.49. The second kappa shape index (κ2) is 7.51. The minimum Gasteiger partial charge on any atom is -0.489 e. The smallest absolute Gasteiger partial charge is 0.119 e. The van der Waals surface area contributed by atoms with Crippen molar-refractivity contribution >= 4 is 0 Å². The van der Waals surface area contributed by atoms with Crippen molar-refractivity contribution in [2.45, 2.75) is 26.1 Å². The van der Waals surface area contributed by atoms with Crippen molar-refractivity contribution in [3.63, 3.8) is 0 Å². The maximum atomic E-state index is 5.78. The standard InChI is InChI=1S/C20H20O2/c1-3-7-19(8-4-1)21-15-17-11-13-18(14-12-17)16-22-20-9-5-2-6-10-20/h1,3-5,7-14H,2,6,15-16H2. The van der Waals surface area contributed by atoms with Crippen LogP contribution in [0.15, 0.2) is 78.6 Å². The first kappa shape index (κ1) is 14.5. The van der Waals surface area contributed by atoms with E-state index in [2.05, 4.69) is 36.4 Å². The number of allylic oxidation sites excluding steroid dienone is 3. The Hall–Kier alpha value is -2.48. The molecule has 1 aliphatic rings. The molecule has 0 N–H and O–H groups in total. The first-order valence-corrected chi connectivity index (χ1v) is 7.65. The fraction of sp³-hybridized carbons (Fsp3) is 0.200. The Morgan fingerprint density at radius 3 is 2.05 bits per heavy atom. The second-order valence-corrected chi connectivity index (χ2v) is 5.29. The van der Waals surface area contributed by atoms with Gasteiger partial charge in [0.2, 0.25) is 0 Å². The molecule has 0 unspecified atom stereocenters. The van der Waals surface area contributed by atoms with E-state index in [9.17, 15) is 0 Å². The van der Waals surface area contributed by atoms with Crippen LogP contribution in [0.2, 0.25) is 0 Å². The molecule has 0 atom stereocenters. The quantitative estimate of drug-likeness (QED) is 0.744. The normalized spacial score (nSPS) is 13.5. The summed E-state index contributed by atoms with van der Waals surface area (Å²) in [4.78, 5) is 0. The predicted octanol–water partition coefficient (Wildman–Crippen LogP) is 5.02. The van der Waals surface area contributed by atoms with Gasteiger partial charge in [0.25, 0.3) is 0 Å². The first-order valence-electron chi connectivity index (χ1n) is 7.65. The van der Waals surface area contributed by atoms with Crippen LogP contribution in [0.5, 0.6) is 5.75 Å². The zero-order valence-electron chi connectivity index (χ0n) is 12.6. The van der Waals surface area contributed by atoms with Crippen molar-refractivity contribution in [3.8, 4) is 5.75 Å². The largest absolute Gasteiger partial charge is 0.489 e. The second-order valence-electron chi connectivity index (χ2n) is 5.29. The summed E-state index contributed by atoms with van der Waals surface area (Å²) in [5.74, 6) is 1.87. The van der Waals surface area contributed by atoms with Crippen LogP contribution in [0.25, 0.3) is 0 Å². The molecule has 2 nitrogen and oxygen atoms in total. The molecule has 22 heavy (non-hydrogen) atoms. The van der Waals surface area contributed by atoms with Gasteiger partial charge in [-0.15, -0.1) is 0 Å². The third-order valence-electron chi connectivity index (χ3n) is 3.54. The van der Waals surface area contributed by atoms with Gasteiger partial charge in [-0.1, -0.05) is 48.5 Å². The van der Waals surface area contributed by atoms with Crippen LogP contribution in [0, 0.1) is 0 Å². The summed E-state index contributed by atoms with van der Waals surface area (Å²) < 4.78 is 11.5. The zero-order chi connectivity index (χ0) is 15.0. The van der Waals surface area contributed by atoms with Crippen LogP contribution in [-0.2, 0) is 18.0 Å². The molecule has 0 radical (unpaired) electrons. The van der Waals surface area contributed by atoms with Gasteiger partial charge in [0.1, 0.15) is 24.7 Å². The van der Waals surface area contributed by atoms with Gasteiger partial charge in [-0.3, -0.25) is 0 Å². The molecule has 2 aromatic rings. The minimum absolute atomic E-state index is 0.582. The Kier molecular flexibility index (Phi) is 4.93. The average molecular weight is 292 g/mol. The highest BCUT2D eigenvalue weighted by atomic mass is 16.5. The lowest BCUT2D eigenvalue weighted by Gasteiger charge is -2.10. The van der Waals surface area contributed by atoms with Gasteiger partial charge in [0.05, 0.1) is 0 Å². The summed E-state index contributed by atoms with van der Waals surface area (Å²) in [7, 11) is 0. The van der Waals surface area contributed by atoms with Crippen molar-refractivity contribution in [1.29, 1.82) is 0 Å². The molecule has 0 saturated heterocycles. The van der Waals surface area contributed by atoms with Gasteiger partial charge in [0.15, 0.2) is 0 Å². The van der Waals surface area contributed by atoms with E-state index in [1.165, 1.54) is 5.56 Å². The molecular formula is C20H20O2. The zero-order valence-corrected chi connectivity index (χ0v) is 12.6. The molecule has 2 heteroatoms. The van der Waals surface area contributed by atoms with E-state index < -0.39 is 0 Å². The fourth-order valence-electron chi connectivity index (χ4n) is 2.28. The molecule has 0 spiro atoms. The van der Waals surface area contributed by atoms with E-state index in [1.54, 1.807) is 0 Å². The summed E-state index contributed by atoms with van der Waals surface area (Å²) >= 11 is 0. The van der Waals surface area contributed by atoms with Crippen LogP contribution in [0.4, 0.5) is 0 Å². The van der Waals surface area contributed by atoms with Crippen LogP contribution in [0.3, 0.4) is 0 Å². The molecule has 0 aliphatic heterocycles. The highest BCUT2D eigenvalue weighted by molar-refractivity contribution is 5.25. The Morgan fingerprint density at radius 1 is 0.727 bits per heavy atom. The van der Waals surface area contributed by atoms with E-state index >= 15 is 0 Å². The van der Waals surface area contributed by atoms with Crippen LogP contribution in [0.1, 0.15) is 24.0 Å². The van der Waals surface area contributed by atoms with Crippen LogP contribution >= 0.6 is 0 Å². The topological polar surface area (TPSA) is 18.5 Å². The molecule has 3 rings (SSSR count). The molecule has 0 saturated carbocycles. The molecule has 2 aromatic carbocycles. The lowest BCUT2D eigenvalue weighted by atomic mass is 10.1. The van der Waals surface area contributed by atoms with E-state index in [-0.39, 0.29) is 0 Å². The van der Waals surface area contributed by atoms with Gasteiger partial charge < -0.3 is 9.47 Å². The lowest BCUT2D eigenvalue weighted by molar-refractivity contribution is 0.209. The van der Waals surface area contributed by atoms with Crippen molar-refractivity contribution in [1.82, 2.24) is 0 Å². The number of benzene rings is 2. The molecule has 0 heterocycles. The van der Waals surface area contributed by atoms with Gasteiger partial charge in [-0.25, -0.2) is 0 Å². The molecule has 1 aliphatic carbocycles. The molecule has 0 fully saturated rings. The van der Waals surface area contributed by atoms with Crippen LogP contribution < -0.4 is 4.74 Å². The van der Waals surface area contributed by atoms with Crippen molar-refractivity contribution in [3.05, 3.63) is 89.7 Å². The number of rotatable bonds is 6. The third-order valence-corrected chi connectivity index (χ3v) is 3.54. The Morgan fingerprint density at radius 2 is 1.41 bits per heavy atom. The maximum Gasteiger partial charge on any atom is 0.119 e. The fourth-order valence-corrected chi connectivity index (χ4v) is 2.28. The molecule has 0 amide bonds. The highest BCUT2D eigenvalue weighted by Gasteiger charge is 2.00. The van der Waals surface area contributed by atoms with Gasteiger partial charge in [-0.05, 0) is 48.3 Å². The molecule has 112 valence electrons. The average Bonchev–Trinajstić information content (AvgIpc) is 2.61. The van der Waals surface area contributed by atoms with Gasteiger partial charge >= 0.3 is 0 Å². The number of hydrogen-bond acceptors (Lipinski definition) is 2. The molecule has 0 bridgehead atoms. The summed E-state index contributed by atoms with van der Waals surface area (Å²) in [6.07, 6.45) is 8.53. The Labute approximate surface area is 131 Å². The van der Waals surface area contributed by atoms with Crippen LogP contribution in [-0.4, -0.2) is 0 Å². The minimum atomic E-state index is 0.582. The first-order chi connectivity index (χ1) is 10.9. The monoisotopic (exact) mass is 292 g/mol. The SMILES string of the molecule is C1=CC(OCc2ccc(COc3ccccc3)cc2)=CCC1. The van der Waals surface area contributed by atoms with Gasteiger partial charge in [-0.2, -0.15) is 0 Å². The Bertz CT molecular complexity index is 639. The van der Waals surface area contributed by atoms with Crippen molar-refractivity contribution < 1.29 is 9.47 Å². The van der Waals surface area contributed by atoms with E-state index in [1.807, 2.05) is 36.4 Å². The molecular weight excluding hydrogens is 272 g/mol. The van der Waals surface area contributed by atoms with E-state index in [4.69, 9.17) is 9.47 Å². The summed E-state index contributed by atoms with van der Waals surface area (Å²) in [5.41, 5.74) is 2.33. The van der Waals surface area contributed by atoms with Gasteiger partial charge in [0, 0.05) is 0 Å².